The van der Waals surface area contributed by atoms with E-state index in [0.717, 1.165) is 0 Å². The Labute approximate surface area is 111 Å². The lowest BCUT2D eigenvalue weighted by Gasteiger charge is -2.19. The van der Waals surface area contributed by atoms with Crippen LogP contribution in [0, 0.1) is 0 Å². The van der Waals surface area contributed by atoms with Gasteiger partial charge in [-0.2, -0.15) is 0 Å². The van der Waals surface area contributed by atoms with Crippen LogP contribution in [0.1, 0.15) is 26.3 Å². The third-order valence-corrected chi connectivity index (χ3v) is 2.07. The van der Waals surface area contributed by atoms with Crippen molar-refractivity contribution in [3.63, 3.8) is 0 Å². The van der Waals surface area contributed by atoms with Gasteiger partial charge in [-0.25, -0.2) is 14.8 Å². The predicted molar refractivity (Wildman–Crippen MR) is 70.3 cm³/mol. The van der Waals surface area contributed by atoms with E-state index in [1.54, 1.807) is 18.3 Å². The van der Waals surface area contributed by atoms with Gasteiger partial charge in [0, 0.05) is 18.3 Å². The van der Waals surface area contributed by atoms with Crippen LogP contribution in [-0.4, -0.2) is 28.2 Å². The minimum Gasteiger partial charge on any atom is -0.444 e. The third kappa shape index (κ3) is 5.63. The summed E-state index contributed by atoms with van der Waals surface area (Å²) in [5.74, 6) is 0. The van der Waals surface area contributed by atoms with E-state index < -0.39 is 11.7 Å². The molecule has 0 saturated carbocycles. The molecule has 1 rings (SSSR count). The first kappa shape index (κ1) is 14.4. The largest absolute Gasteiger partial charge is 0.444 e. The molecule has 0 bridgehead atoms. The molecular formula is C12H16ClN3O2. The van der Waals surface area contributed by atoms with Crippen molar-refractivity contribution in [1.29, 1.82) is 0 Å². The van der Waals surface area contributed by atoms with Crippen LogP contribution < -0.4 is 5.32 Å². The molecule has 1 amide bonds. The fraction of sp³-hybridized carbons (Fsp3) is 0.417. The fourth-order valence-electron chi connectivity index (χ4n) is 1.08. The van der Waals surface area contributed by atoms with E-state index >= 15 is 0 Å². The number of carbonyl (C=O) groups excluding carboxylic acids is 1. The fourth-order valence-corrected chi connectivity index (χ4v) is 1.24. The molecule has 0 saturated heterocycles. The smallest absolute Gasteiger partial charge is 0.407 e. The van der Waals surface area contributed by atoms with Crippen molar-refractivity contribution in [2.45, 2.75) is 26.4 Å². The Morgan fingerprint density at radius 2 is 2.28 bits per heavy atom. The molecule has 1 aromatic rings. The van der Waals surface area contributed by atoms with Crippen LogP contribution in [0.2, 0.25) is 5.15 Å². The summed E-state index contributed by atoms with van der Waals surface area (Å²) in [5.41, 5.74) is 0.204. The van der Waals surface area contributed by atoms with Crippen LogP contribution in [0.5, 0.6) is 0 Å². The van der Waals surface area contributed by atoms with E-state index in [2.05, 4.69) is 15.3 Å². The van der Waals surface area contributed by atoms with Gasteiger partial charge in [0.25, 0.3) is 0 Å². The number of hydrogen-bond donors (Lipinski definition) is 1. The Hall–Kier alpha value is -1.62. The average Bonchev–Trinajstić information content (AvgIpc) is 2.24. The molecule has 0 unspecified atom stereocenters. The lowest BCUT2D eigenvalue weighted by molar-refractivity contribution is 0.0534. The molecule has 6 heteroatoms. The van der Waals surface area contributed by atoms with Crippen molar-refractivity contribution in [2.75, 3.05) is 6.54 Å². The summed E-state index contributed by atoms with van der Waals surface area (Å²) in [6, 6.07) is 0. The second-order valence-corrected chi connectivity index (χ2v) is 4.91. The van der Waals surface area contributed by atoms with Crippen molar-refractivity contribution >= 4 is 23.8 Å². The van der Waals surface area contributed by atoms with Gasteiger partial charge in [-0.05, 0) is 20.8 Å². The molecule has 5 nitrogen and oxygen atoms in total. The predicted octanol–water partition coefficient (Wildman–Crippen LogP) is 2.67. The minimum absolute atomic E-state index is 0.347. The summed E-state index contributed by atoms with van der Waals surface area (Å²) >= 11 is 5.84. The van der Waals surface area contributed by atoms with E-state index in [0.29, 0.717) is 17.3 Å². The van der Waals surface area contributed by atoms with Gasteiger partial charge in [0.2, 0.25) is 0 Å². The van der Waals surface area contributed by atoms with Gasteiger partial charge in [0.15, 0.2) is 0 Å². The summed E-state index contributed by atoms with van der Waals surface area (Å²) in [5, 5.41) is 2.97. The topological polar surface area (TPSA) is 64.1 Å². The highest BCUT2D eigenvalue weighted by Gasteiger charge is 2.14. The highest BCUT2D eigenvalue weighted by Crippen LogP contribution is 2.11. The molecule has 0 atom stereocenters. The Balaban J connectivity index is 2.38. The molecule has 0 fully saturated rings. The molecule has 0 radical (unpaired) electrons. The Kier molecular flexibility index (Phi) is 5.09. The molecule has 0 aliphatic carbocycles. The van der Waals surface area contributed by atoms with Gasteiger partial charge >= 0.3 is 6.09 Å². The molecule has 98 valence electrons. The van der Waals surface area contributed by atoms with Gasteiger partial charge in [0.05, 0.1) is 0 Å². The van der Waals surface area contributed by atoms with Crippen LogP contribution in [0.3, 0.4) is 0 Å². The molecule has 18 heavy (non-hydrogen) atoms. The average molecular weight is 270 g/mol. The maximum absolute atomic E-state index is 11.3. The first-order chi connectivity index (χ1) is 8.38. The van der Waals surface area contributed by atoms with Crippen molar-refractivity contribution in [3.8, 4) is 0 Å². The van der Waals surface area contributed by atoms with Crippen LogP contribution in [0.15, 0.2) is 18.6 Å². The molecular weight excluding hydrogens is 254 g/mol. The van der Waals surface area contributed by atoms with E-state index in [4.69, 9.17) is 16.3 Å². The number of ether oxygens (including phenoxy) is 1. The van der Waals surface area contributed by atoms with Gasteiger partial charge < -0.3 is 10.1 Å². The lowest BCUT2D eigenvalue weighted by atomic mass is 10.2. The van der Waals surface area contributed by atoms with Crippen LogP contribution in [0.25, 0.3) is 6.08 Å². The number of amides is 1. The normalized spacial score (nSPS) is 11.6. The van der Waals surface area contributed by atoms with Crippen molar-refractivity contribution in [1.82, 2.24) is 15.3 Å². The summed E-state index contributed by atoms with van der Waals surface area (Å²) in [6.45, 7) is 5.77. The van der Waals surface area contributed by atoms with E-state index in [1.165, 1.54) is 6.33 Å². The minimum atomic E-state index is -0.496. The number of hydrogen-bond acceptors (Lipinski definition) is 4. The highest BCUT2D eigenvalue weighted by molar-refractivity contribution is 6.30. The molecule has 0 aliphatic heterocycles. The molecule has 1 aromatic heterocycles. The number of nitrogens with one attached hydrogen (secondary N) is 1. The Bertz CT molecular complexity index is 441. The molecule has 1 N–H and O–H groups in total. The molecule has 0 aromatic carbocycles. The first-order valence-electron chi connectivity index (χ1n) is 5.47. The zero-order valence-corrected chi connectivity index (χ0v) is 11.4. The van der Waals surface area contributed by atoms with Gasteiger partial charge in [-0.3, -0.25) is 0 Å². The standard InChI is InChI=1S/C12H16ClN3O2/c1-12(2,3)18-11(17)15-6-4-5-9-7-14-8-16-10(9)13/h4-5,7-8H,6H2,1-3H3,(H,15,17). The van der Waals surface area contributed by atoms with Crippen molar-refractivity contribution in [2.24, 2.45) is 0 Å². The van der Waals surface area contributed by atoms with E-state index in [1.807, 2.05) is 20.8 Å². The maximum Gasteiger partial charge on any atom is 0.407 e. The number of halogens is 1. The second kappa shape index (κ2) is 6.35. The van der Waals surface area contributed by atoms with Gasteiger partial charge in [0.1, 0.15) is 17.1 Å². The Morgan fingerprint density at radius 3 is 2.89 bits per heavy atom. The third-order valence-electron chi connectivity index (χ3n) is 1.75. The second-order valence-electron chi connectivity index (χ2n) is 4.55. The van der Waals surface area contributed by atoms with Crippen LogP contribution in [-0.2, 0) is 4.74 Å². The van der Waals surface area contributed by atoms with Crippen LogP contribution in [0.4, 0.5) is 4.79 Å². The van der Waals surface area contributed by atoms with Gasteiger partial charge in [-0.15, -0.1) is 0 Å². The number of aromatic nitrogens is 2. The Morgan fingerprint density at radius 1 is 1.56 bits per heavy atom. The zero-order chi connectivity index (χ0) is 13.6. The quantitative estimate of drug-likeness (QED) is 0.857. The summed E-state index contributed by atoms with van der Waals surface area (Å²) < 4.78 is 5.08. The summed E-state index contributed by atoms with van der Waals surface area (Å²) in [4.78, 5) is 19.0. The van der Waals surface area contributed by atoms with E-state index in [9.17, 15) is 4.79 Å². The summed E-state index contributed by atoms with van der Waals surface area (Å²) in [6.07, 6.45) is 5.99. The van der Waals surface area contributed by atoms with Gasteiger partial charge in [-0.1, -0.05) is 23.8 Å². The molecule has 0 spiro atoms. The van der Waals surface area contributed by atoms with Crippen molar-refractivity contribution in [3.05, 3.63) is 29.3 Å². The number of carbonyl (C=O) groups is 1. The number of alkyl carbamates (subject to hydrolysis) is 1. The SMILES string of the molecule is CC(C)(C)OC(=O)NCC=Cc1cncnc1Cl. The lowest BCUT2D eigenvalue weighted by Crippen LogP contribution is -2.32. The van der Waals surface area contributed by atoms with Crippen LogP contribution >= 0.6 is 11.6 Å². The maximum atomic E-state index is 11.3. The molecule has 0 aliphatic rings. The number of rotatable bonds is 3. The molecule has 1 heterocycles. The first-order valence-corrected chi connectivity index (χ1v) is 5.85. The van der Waals surface area contributed by atoms with Crippen molar-refractivity contribution < 1.29 is 9.53 Å². The summed E-state index contributed by atoms with van der Waals surface area (Å²) in [7, 11) is 0. The van der Waals surface area contributed by atoms with E-state index in [-0.39, 0.29) is 0 Å². The zero-order valence-electron chi connectivity index (χ0n) is 10.6. The number of nitrogens with zero attached hydrogens (tertiary/aromatic N) is 2. The monoisotopic (exact) mass is 269 g/mol. The highest BCUT2D eigenvalue weighted by atomic mass is 35.5.